The van der Waals surface area contributed by atoms with Crippen LogP contribution in [-0.4, -0.2) is 50.5 Å². The van der Waals surface area contributed by atoms with Crippen LogP contribution in [-0.2, 0) is 32.6 Å². The minimum Gasteiger partial charge on any atom is -0.354 e. The molecule has 0 saturated carbocycles. The van der Waals surface area contributed by atoms with Crippen molar-refractivity contribution in [3.63, 3.8) is 0 Å². The highest BCUT2D eigenvalue weighted by Crippen LogP contribution is 2.23. The first-order valence-corrected chi connectivity index (χ1v) is 15.1. The van der Waals surface area contributed by atoms with Crippen LogP contribution in [0.5, 0.6) is 0 Å². The van der Waals surface area contributed by atoms with Gasteiger partial charge in [-0.15, -0.1) is 0 Å². The smallest absolute Gasteiger partial charge is 0.244 e. The molecule has 0 fully saturated rings. The van der Waals surface area contributed by atoms with Gasteiger partial charge < -0.3 is 10.2 Å². The summed E-state index contributed by atoms with van der Waals surface area (Å²) in [5, 5.41) is 3.33. The number of anilines is 1. The molecule has 0 aliphatic rings. The Bertz CT molecular complexity index is 1380. The Morgan fingerprint density at radius 2 is 1.62 bits per heavy atom. The molecular weight excluding hydrogens is 534 g/mol. The Kier molecular flexibility index (Phi) is 10.5. The first-order valence-electron chi connectivity index (χ1n) is 12.8. The van der Waals surface area contributed by atoms with Crippen LogP contribution in [0, 0.1) is 12.8 Å². The summed E-state index contributed by atoms with van der Waals surface area (Å²) in [5.41, 5.74) is 3.00. The molecule has 3 rings (SSSR count). The third-order valence-electron chi connectivity index (χ3n) is 6.33. The molecule has 9 heteroatoms. The normalized spacial score (nSPS) is 12.2. The van der Waals surface area contributed by atoms with E-state index in [-0.39, 0.29) is 30.5 Å². The van der Waals surface area contributed by atoms with Crippen molar-refractivity contribution in [3.05, 3.63) is 101 Å². The molecule has 1 atom stereocenters. The van der Waals surface area contributed by atoms with E-state index in [0.29, 0.717) is 11.6 Å². The van der Waals surface area contributed by atoms with Crippen molar-refractivity contribution in [3.8, 4) is 0 Å². The zero-order valence-corrected chi connectivity index (χ0v) is 24.4. The minimum absolute atomic E-state index is 0.144. The topological polar surface area (TPSA) is 86.8 Å². The Labute approximate surface area is 236 Å². The highest BCUT2D eigenvalue weighted by Gasteiger charge is 2.33. The molecule has 0 heterocycles. The summed E-state index contributed by atoms with van der Waals surface area (Å²) in [4.78, 5) is 29.2. The van der Waals surface area contributed by atoms with E-state index >= 15 is 0 Å². The average molecular weight is 570 g/mol. The number of sulfonamides is 1. The fraction of sp³-hybridized carbons (Fsp3) is 0.333. The second-order valence-electron chi connectivity index (χ2n) is 10.0. The van der Waals surface area contributed by atoms with E-state index in [0.717, 1.165) is 27.3 Å². The van der Waals surface area contributed by atoms with Crippen molar-refractivity contribution in [2.24, 2.45) is 5.92 Å². The molecule has 2 amide bonds. The maximum atomic E-state index is 14.1. The zero-order chi connectivity index (χ0) is 28.6. The number of benzene rings is 3. The number of aryl methyl sites for hydroxylation is 1. The van der Waals surface area contributed by atoms with Gasteiger partial charge in [0.1, 0.15) is 12.6 Å². The van der Waals surface area contributed by atoms with Gasteiger partial charge in [-0.05, 0) is 47.7 Å². The summed E-state index contributed by atoms with van der Waals surface area (Å²) in [7, 11) is -3.84. The quantitative estimate of drug-likeness (QED) is 0.338. The molecule has 0 aromatic heterocycles. The zero-order valence-electron chi connectivity index (χ0n) is 22.8. The van der Waals surface area contributed by atoms with Crippen LogP contribution in [0.2, 0.25) is 5.02 Å². The summed E-state index contributed by atoms with van der Waals surface area (Å²) < 4.78 is 26.7. The highest BCUT2D eigenvalue weighted by molar-refractivity contribution is 7.92. The summed E-state index contributed by atoms with van der Waals surface area (Å²) in [5.74, 6) is -0.567. The molecule has 1 N–H and O–H groups in total. The number of hydrogen-bond donors (Lipinski definition) is 1. The van der Waals surface area contributed by atoms with Gasteiger partial charge in [0.2, 0.25) is 21.8 Å². The minimum atomic E-state index is -3.84. The summed E-state index contributed by atoms with van der Waals surface area (Å²) in [6.45, 7) is 6.06. The predicted molar refractivity (Wildman–Crippen MR) is 157 cm³/mol. The van der Waals surface area contributed by atoms with E-state index in [1.807, 2.05) is 75.4 Å². The van der Waals surface area contributed by atoms with Crippen molar-refractivity contribution in [2.45, 2.75) is 39.8 Å². The molecule has 3 aromatic carbocycles. The number of nitrogens with one attached hydrogen (secondary N) is 1. The molecule has 0 radical (unpaired) electrons. The lowest BCUT2D eigenvalue weighted by atomic mass is 10.0. The van der Waals surface area contributed by atoms with Gasteiger partial charge in [-0.25, -0.2) is 8.42 Å². The summed E-state index contributed by atoms with van der Waals surface area (Å²) >= 11 is 6.14. The molecule has 0 saturated heterocycles. The molecule has 208 valence electrons. The van der Waals surface area contributed by atoms with Gasteiger partial charge >= 0.3 is 0 Å². The maximum absolute atomic E-state index is 14.1. The van der Waals surface area contributed by atoms with E-state index in [1.54, 1.807) is 18.2 Å². The molecule has 39 heavy (non-hydrogen) atoms. The Morgan fingerprint density at radius 3 is 2.23 bits per heavy atom. The molecule has 3 aromatic rings. The number of nitrogens with zero attached hydrogens (tertiary/aromatic N) is 2. The van der Waals surface area contributed by atoms with Gasteiger partial charge in [0.05, 0.1) is 11.9 Å². The van der Waals surface area contributed by atoms with Crippen molar-refractivity contribution in [2.75, 3.05) is 23.7 Å². The number of carbonyl (C=O) groups excluding carboxylic acids is 2. The SMILES string of the molecule is Cc1ccccc1CN(C(=O)CN(c1cccc(Cl)c1)S(C)(=O)=O)[C@@H](Cc1ccccc1)C(=O)NCC(C)C. The number of hydrogen-bond acceptors (Lipinski definition) is 4. The predicted octanol–water partition coefficient (Wildman–Crippen LogP) is 4.83. The van der Waals surface area contributed by atoms with Crippen LogP contribution >= 0.6 is 11.6 Å². The van der Waals surface area contributed by atoms with E-state index in [9.17, 15) is 18.0 Å². The molecule has 0 aliphatic carbocycles. The van der Waals surface area contributed by atoms with Gasteiger partial charge in [0, 0.05) is 24.5 Å². The van der Waals surface area contributed by atoms with Crippen molar-refractivity contribution >= 4 is 39.1 Å². The third kappa shape index (κ3) is 8.83. The number of carbonyl (C=O) groups is 2. The number of halogens is 1. The van der Waals surface area contributed by atoms with E-state index in [2.05, 4.69) is 5.32 Å². The van der Waals surface area contributed by atoms with Crippen LogP contribution in [0.3, 0.4) is 0 Å². The fourth-order valence-electron chi connectivity index (χ4n) is 4.19. The molecule has 0 bridgehead atoms. The lowest BCUT2D eigenvalue weighted by Gasteiger charge is -2.34. The largest absolute Gasteiger partial charge is 0.354 e. The van der Waals surface area contributed by atoms with Gasteiger partial charge in [0.15, 0.2) is 0 Å². The Hall–Kier alpha value is -3.36. The average Bonchev–Trinajstić information content (AvgIpc) is 2.88. The maximum Gasteiger partial charge on any atom is 0.244 e. The lowest BCUT2D eigenvalue weighted by Crippen LogP contribution is -2.53. The fourth-order valence-corrected chi connectivity index (χ4v) is 5.22. The second kappa shape index (κ2) is 13.6. The lowest BCUT2D eigenvalue weighted by molar-refractivity contribution is -0.140. The van der Waals surface area contributed by atoms with E-state index in [1.165, 1.54) is 11.0 Å². The van der Waals surface area contributed by atoms with Gasteiger partial charge in [0.25, 0.3) is 0 Å². The first kappa shape index (κ1) is 30.2. The summed E-state index contributed by atoms with van der Waals surface area (Å²) in [6, 6.07) is 22.6. The van der Waals surface area contributed by atoms with Crippen molar-refractivity contribution in [1.29, 1.82) is 0 Å². The second-order valence-corrected chi connectivity index (χ2v) is 12.4. The number of rotatable bonds is 12. The first-order chi connectivity index (χ1) is 18.5. The number of amides is 2. The third-order valence-corrected chi connectivity index (χ3v) is 7.71. The Balaban J connectivity index is 2.06. The van der Waals surface area contributed by atoms with Crippen LogP contribution in [0.4, 0.5) is 5.69 Å². The van der Waals surface area contributed by atoms with E-state index in [4.69, 9.17) is 11.6 Å². The van der Waals surface area contributed by atoms with Gasteiger partial charge in [-0.3, -0.25) is 13.9 Å². The van der Waals surface area contributed by atoms with Crippen LogP contribution in [0.25, 0.3) is 0 Å². The van der Waals surface area contributed by atoms with Crippen LogP contribution in [0.15, 0.2) is 78.9 Å². The highest BCUT2D eigenvalue weighted by atomic mass is 35.5. The molecule has 7 nitrogen and oxygen atoms in total. The van der Waals surface area contributed by atoms with Crippen LogP contribution in [0.1, 0.15) is 30.5 Å². The van der Waals surface area contributed by atoms with Crippen molar-refractivity contribution in [1.82, 2.24) is 10.2 Å². The standard InChI is InChI=1S/C30H36ClN3O4S/c1-22(2)19-32-30(36)28(17-24-12-6-5-7-13-24)33(20-25-14-9-8-11-23(25)3)29(35)21-34(39(4,37)38)27-16-10-15-26(31)18-27/h5-16,18,22,28H,17,19-21H2,1-4H3,(H,32,36)/t28-/m0/s1. The monoisotopic (exact) mass is 569 g/mol. The summed E-state index contributed by atoms with van der Waals surface area (Å²) in [6.07, 6.45) is 1.32. The molecule has 0 aliphatic heterocycles. The Morgan fingerprint density at radius 1 is 0.949 bits per heavy atom. The van der Waals surface area contributed by atoms with Gasteiger partial charge in [-0.2, -0.15) is 0 Å². The molecular formula is C30H36ClN3O4S. The van der Waals surface area contributed by atoms with Gasteiger partial charge in [-0.1, -0.05) is 86.1 Å². The van der Waals surface area contributed by atoms with E-state index < -0.39 is 28.5 Å². The van der Waals surface area contributed by atoms with Crippen LogP contribution < -0.4 is 9.62 Å². The van der Waals surface area contributed by atoms with Crippen molar-refractivity contribution < 1.29 is 18.0 Å². The molecule has 0 unspecified atom stereocenters. The molecule has 0 spiro atoms.